The molecule has 2 aromatic carbocycles. The van der Waals surface area contributed by atoms with Gasteiger partial charge in [-0.15, -0.1) is 0 Å². The molecule has 2 aromatic rings. The number of amidine groups is 2. The molecule has 142 valence electrons. The van der Waals surface area contributed by atoms with E-state index in [0.29, 0.717) is 10.0 Å². The highest BCUT2D eigenvalue weighted by Crippen LogP contribution is 2.64. The first-order valence-electron chi connectivity index (χ1n) is 9.39. The predicted octanol–water partition coefficient (Wildman–Crippen LogP) is 5.54. The van der Waals surface area contributed by atoms with Crippen molar-refractivity contribution in [3.05, 3.63) is 56.0 Å². The van der Waals surface area contributed by atoms with E-state index in [1.807, 2.05) is 0 Å². The minimum absolute atomic E-state index is 0.265. The average Bonchev–Trinajstić information content (AvgIpc) is 3.16. The van der Waals surface area contributed by atoms with E-state index in [1.54, 1.807) is 6.07 Å². The number of hydrogen-bond acceptors (Lipinski definition) is 4. The van der Waals surface area contributed by atoms with Crippen LogP contribution in [0.5, 0.6) is 0 Å². The van der Waals surface area contributed by atoms with Crippen molar-refractivity contribution in [1.29, 1.82) is 0 Å². The topological polar surface area (TPSA) is 40.0 Å². The van der Waals surface area contributed by atoms with Crippen LogP contribution in [-0.4, -0.2) is 36.7 Å². The number of nitrogens with one attached hydrogen (secondary N) is 1. The third-order valence-corrected chi connectivity index (χ3v) is 7.85. The molecule has 2 atom stereocenters. The van der Waals surface area contributed by atoms with Gasteiger partial charge in [0.2, 0.25) is 0 Å². The number of hydrogen-bond donors (Lipinski definition) is 1. The van der Waals surface area contributed by atoms with E-state index in [-0.39, 0.29) is 10.8 Å². The summed E-state index contributed by atoms with van der Waals surface area (Å²) in [6, 6.07) is 10.3. The van der Waals surface area contributed by atoms with Gasteiger partial charge in [0, 0.05) is 35.3 Å². The number of likely N-dealkylation sites (N-methyl/N-ethyl adjacent to an activating group) is 1. The predicted molar refractivity (Wildman–Crippen MR) is 119 cm³/mol. The van der Waals surface area contributed by atoms with E-state index >= 15 is 0 Å². The molecule has 2 spiro atoms. The summed E-state index contributed by atoms with van der Waals surface area (Å²) in [6.07, 6.45) is 1.87. The standard InChI is InChI=1S/C21H17BrCl2N4/c1-28-7-5-21-13-3-2-11(22)8-16(13)26-18-20(21,4-6-25-19(21)28)14-9-12(23)10-15(24)17(14)27-18/h2-3,8-10H,4-7H2,1H3,(H,26,27)/t20-,21?/m1/s1. The van der Waals surface area contributed by atoms with Crippen molar-refractivity contribution in [1.82, 2.24) is 4.90 Å². The number of likely N-dealkylation sites (tertiary alicyclic amines) is 1. The van der Waals surface area contributed by atoms with Crippen LogP contribution in [0.15, 0.2) is 44.8 Å². The lowest BCUT2D eigenvalue weighted by Crippen LogP contribution is -2.63. The van der Waals surface area contributed by atoms with Crippen LogP contribution in [0.1, 0.15) is 24.0 Å². The van der Waals surface area contributed by atoms with Crippen molar-refractivity contribution in [3.8, 4) is 0 Å². The van der Waals surface area contributed by atoms with E-state index in [9.17, 15) is 0 Å². The number of fused-ring (bicyclic) bond motifs is 2. The average molecular weight is 476 g/mol. The van der Waals surface area contributed by atoms with E-state index in [0.717, 1.165) is 59.0 Å². The van der Waals surface area contributed by atoms with Crippen molar-refractivity contribution in [2.24, 2.45) is 9.98 Å². The van der Waals surface area contributed by atoms with E-state index in [2.05, 4.69) is 57.5 Å². The minimum Gasteiger partial charge on any atom is -0.363 e. The molecule has 4 aliphatic heterocycles. The Kier molecular flexibility index (Phi) is 3.42. The Morgan fingerprint density at radius 2 is 1.96 bits per heavy atom. The summed E-state index contributed by atoms with van der Waals surface area (Å²) >= 11 is 16.7. The van der Waals surface area contributed by atoms with Crippen molar-refractivity contribution in [2.45, 2.75) is 23.7 Å². The summed E-state index contributed by atoms with van der Waals surface area (Å²) in [6.45, 7) is 1.73. The number of halogens is 3. The molecule has 0 bridgehead atoms. The number of rotatable bonds is 0. The van der Waals surface area contributed by atoms with Gasteiger partial charge in [-0.3, -0.25) is 4.99 Å². The third kappa shape index (κ3) is 1.84. The molecule has 1 unspecified atom stereocenters. The highest BCUT2D eigenvalue weighted by atomic mass is 79.9. The van der Waals surface area contributed by atoms with Crippen molar-refractivity contribution in [2.75, 3.05) is 25.5 Å². The van der Waals surface area contributed by atoms with Crippen molar-refractivity contribution < 1.29 is 0 Å². The molecule has 6 rings (SSSR count). The molecule has 0 radical (unpaired) electrons. The summed E-state index contributed by atoms with van der Waals surface area (Å²) in [4.78, 5) is 12.4. The van der Waals surface area contributed by atoms with Crippen LogP contribution >= 0.6 is 39.1 Å². The smallest absolute Gasteiger partial charge is 0.119 e. The van der Waals surface area contributed by atoms with Gasteiger partial charge in [0.1, 0.15) is 11.7 Å². The van der Waals surface area contributed by atoms with Gasteiger partial charge in [-0.1, -0.05) is 45.2 Å². The largest absolute Gasteiger partial charge is 0.363 e. The van der Waals surface area contributed by atoms with Gasteiger partial charge in [-0.05, 0) is 48.2 Å². The SMILES string of the molecule is CN1CCC23C1=NCC[C@@]21C(=Nc2c(Cl)cc(Cl)cc21)Nc1cc(Br)ccc13. The van der Waals surface area contributed by atoms with Crippen LogP contribution in [0.4, 0.5) is 11.4 Å². The highest BCUT2D eigenvalue weighted by molar-refractivity contribution is 9.10. The molecule has 0 aliphatic carbocycles. The van der Waals surface area contributed by atoms with Crippen LogP contribution in [0, 0.1) is 0 Å². The van der Waals surface area contributed by atoms with Gasteiger partial charge >= 0.3 is 0 Å². The van der Waals surface area contributed by atoms with E-state index in [4.69, 9.17) is 33.2 Å². The lowest BCUT2D eigenvalue weighted by Gasteiger charge is -2.53. The van der Waals surface area contributed by atoms with Gasteiger partial charge in [0.25, 0.3) is 0 Å². The molecule has 4 aliphatic rings. The minimum atomic E-state index is -0.320. The monoisotopic (exact) mass is 474 g/mol. The Bertz CT molecular complexity index is 1130. The van der Waals surface area contributed by atoms with Crippen LogP contribution < -0.4 is 5.32 Å². The zero-order chi connectivity index (χ0) is 19.3. The molecule has 0 aromatic heterocycles. The van der Waals surface area contributed by atoms with Crippen LogP contribution in [0.2, 0.25) is 10.0 Å². The van der Waals surface area contributed by atoms with Crippen LogP contribution in [-0.2, 0) is 10.8 Å². The highest BCUT2D eigenvalue weighted by Gasteiger charge is 2.68. The van der Waals surface area contributed by atoms with Crippen molar-refractivity contribution >= 4 is 62.2 Å². The Balaban J connectivity index is 1.76. The molecule has 7 heteroatoms. The quantitative estimate of drug-likeness (QED) is 0.543. The molecule has 1 fully saturated rings. The first-order valence-corrected chi connectivity index (χ1v) is 10.9. The van der Waals surface area contributed by atoms with Gasteiger partial charge in [0.15, 0.2) is 0 Å². The fourth-order valence-corrected chi connectivity index (χ4v) is 6.74. The fraction of sp³-hybridized carbons (Fsp3) is 0.333. The lowest BCUT2D eigenvalue weighted by molar-refractivity contribution is 0.346. The second-order valence-corrected chi connectivity index (χ2v) is 9.76. The summed E-state index contributed by atoms with van der Waals surface area (Å²) in [5, 5.41) is 4.91. The number of anilines is 1. The molecule has 1 N–H and O–H groups in total. The molecular weight excluding hydrogens is 459 g/mol. The molecule has 4 nitrogen and oxygen atoms in total. The third-order valence-electron chi connectivity index (χ3n) is 6.85. The number of aliphatic imine (C=N–C) groups is 2. The molecule has 1 saturated heterocycles. The summed E-state index contributed by atoms with van der Waals surface area (Å²) in [5.74, 6) is 2.13. The first kappa shape index (κ1) is 17.3. The Morgan fingerprint density at radius 1 is 1.11 bits per heavy atom. The maximum Gasteiger partial charge on any atom is 0.119 e. The zero-order valence-corrected chi connectivity index (χ0v) is 18.3. The Morgan fingerprint density at radius 3 is 2.82 bits per heavy atom. The van der Waals surface area contributed by atoms with Crippen LogP contribution in [0.25, 0.3) is 0 Å². The Labute approximate surface area is 181 Å². The van der Waals surface area contributed by atoms with Crippen molar-refractivity contribution in [3.63, 3.8) is 0 Å². The molecule has 28 heavy (non-hydrogen) atoms. The summed E-state index contributed by atoms with van der Waals surface area (Å²) in [7, 11) is 2.14. The maximum atomic E-state index is 6.61. The second kappa shape index (κ2) is 5.53. The second-order valence-electron chi connectivity index (χ2n) is 8.00. The van der Waals surface area contributed by atoms with Gasteiger partial charge in [-0.25, -0.2) is 4.99 Å². The molecule has 0 amide bonds. The molecule has 0 saturated carbocycles. The Hall–Kier alpha value is -1.56. The summed E-state index contributed by atoms with van der Waals surface area (Å²) in [5.41, 5.74) is 3.75. The van der Waals surface area contributed by atoms with Crippen LogP contribution in [0.3, 0.4) is 0 Å². The summed E-state index contributed by atoms with van der Waals surface area (Å²) < 4.78 is 1.04. The first-order chi connectivity index (χ1) is 13.5. The van der Waals surface area contributed by atoms with Gasteiger partial charge < -0.3 is 10.2 Å². The molecule has 4 heterocycles. The fourth-order valence-electron chi connectivity index (χ4n) is 5.85. The molecular formula is C21H17BrCl2N4. The number of nitrogens with zero attached hydrogens (tertiary/aromatic N) is 3. The number of benzene rings is 2. The normalized spacial score (nSPS) is 29.1. The zero-order valence-electron chi connectivity index (χ0n) is 15.2. The van der Waals surface area contributed by atoms with E-state index < -0.39 is 0 Å². The van der Waals surface area contributed by atoms with E-state index in [1.165, 1.54) is 5.56 Å². The van der Waals surface area contributed by atoms with Gasteiger partial charge in [-0.2, -0.15) is 0 Å². The van der Waals surface area contributed by atoms with Gasteiger partial charge in [0.05, 0.1) is 21.5 Å². The lowest BCUT2D eigenvalue weighted by atomic mass is 9.51. The maximum absolute atomic E-state index is 6.61.